The highest BCUT2D eigenvalue weighted by Crippen LogP contribution is 2.33. The van der Waals surface area contributed by atoms with Gasteiger partial charge in [0.05, 0.1) is 6.04 Å². The highest BCUT2D eigenvalue weighted by atomic mass is 16.4. The molecule has 2 rings (SSSR count). The topological polar surface area (TPSA) is 154 Å². The average Bonchev–Trinajstić information content (AvgIpc) is 3.38. The Balaban J connectivity index is 2.04. The quantitative estimate of drug-likeness (QED) is 0.315. The van der Waals surface area contributed by atoms with Gasteiger partial charge in [-0.3, -0.25) is 14.4 Å². The molecule has 1 heterocycles. The van der Waals surface area contributed by atoms with E-state index in [0.717, 1.165) is 12.8 Å². The summed E-state index contributed by atoms with van der Waals surface area (Å²) in [5.41, 5.74) is -0.704. The number of carbonyl (C=O) groups excluding carboxylic acids is 4. The average molecular weight is 424 g/mol. The van der Waals surface area contributed by atoms with Crippen molar-refractivity contribution < 1.29 is 29.1 Å². The van der Waals surface area contributed by atoms with Crippen LogP contribution in [0.1, 0.15) is 52.9 Å². The molecule has 0 spiro atoms. The van der Waals surface area contributed by atoms with Crippen LogP contribution >= 0.6 is 0 Å². The second-order valence-corrected chi connectivity index (χ2v) is 9.25. The summed E-state index contributed by atoms with van der Waals surface area (Å²) in [6.45, 7) is 5.71. The fourth-order valence-electron chi connectivity index (χ4n) is 3.58. The lowest BCUT2D eigenvalue weighted by Crippen LogP contribution is -2.58. The smallest absolute Gasteiger partial charge is 0.405 e. The molecule has 2 fully saturated rings. The summed E-state index contributed by atoms with van der Waals surface area (Å²) in [6.07, 6.45) is 2.40. The van der Waals surface area contributed by atoms with Crippen LogP contribution < -0.4 is 21.3 Å². The van der Waals surface area contributed by atoms with Crippen LogP contribution in [0.2, 0.25) is 0 Å². The van der Waals surface area contributed by atoms with Crippen LogP contribution in [-0.2, 0) is 19.2 Å². The molecule has 0 radical (unpaired) electrons. The lowest BCUT2D eigenvalue weighted by molar-refractivity contribution is -0.132. The Kier molecular flexibility index (Phi) is 7.80. The first kappa shape index (κ1) is 23.6. The van der Waals surface area contributed by atoms with Gasteiger partial charge < -0.3 is 31.2 Å². The van der Waals surface area contributed by atoms with Crippen molar-refractivity contribution in [3.8, 4) is 0 Å². The maximum absolute atomic E-state index is 12.8. The number of carbonyl (C=O) groups is 5. The van der Waals surface area contributed by atoms with Gasteiger partial charge >= 0.3 is 6.09 Å². The summed E-state index contributed by atoms with van der Waals surface area (Å²) in [7, 11) is 0. The number of carboxylic acid groups (broad SMARTS) is 1. The van der Waals surface area contributed by atoms with E-state index in [9.17, 15) is 24.0 Å². The molecular formula is C20H32N4O6. The van der Waals surface area contributed by atoms with Gasteiger partial charge in [0.15, 0.2) is 0 Å². The zero-order valence-corrected chi connectivity index (χ0v) is 17.7. The Hall–Kier alpha value is -2.65. The van der Waals surface area contributed by atoms with E-state index in [-0.39, 0.29) is 18.2 Å². The Morgan fingerprint density at radius 2 is 1.77 bits per heavy atom. The van der Waals surface area contributed by atoms with Gasteiger partial charge in [-0.05, 0) is 30.6 Å². The first-order valence-corrected chi connectivity index (χ1v) is 10.3. The predicted octanol–water partition coefficient (Wildman–Crippen LogP) is 0.164. The minimum Gasteiger partial charge on any atom is -0.465 e. The fraction of sp³-hybridized carbons (Fsp3) is 0.750. The number of nitrogens with one attached hydrogen (secondary N) is 4. The molecule has 0 aromatic heterocycles. The second kappa shape index (κ2) is 9.90. The standard InChI is InChI=1S/C20H32N4O6/c1-20(2,3)15(24-19(29)30)18(28)23-14(8-11-4-5-11)17(27)22-13(10-25)9-12-6-7-21-16(12)26/h10-15,24H,4-9H2,1-3H3,(H,21,26)(H,22,27)(H,23,28)(H,29,30)/t12-,13?,14?,15?/m0/s1. The SMILES string of the molecule is CC(C)(C)C(NC(=O)O)C(=O)NC(CC1CC1)C(=O)NC(C=O)C[C@@H]1CCNC1=O. The molecule has 3 unspecified atom stereocenters. The normalized spacial score (nSPS) is 21.7. The fourth-order valence-corrected chi connectivity index (χ4v) is 3.58. The number of aldehydes is 1. The Morgan fingerprint density at radius 1 is 1.10 bits per heavy atom. The molecule has 1 saturated heterocycles. The van der Waals surface area contributed by atoms with Crippen LogP contribution in [0.25, 0.3) is 0 Å². The third kappa shape index (κ3) is 7.00. The van der Waals surface area contributed by atoms with Crippen LogP contribution in [0, 0.1) is 17.3 Å². The summed E-state index contributed by atoms with van der Waals surface area (Å²) in [4.78, 5) is 59.9. The molecule has 4 amide bonds. The summed E-state index contributed by atoms with van der Waals surface area (Å²) in [5.74, 6) is -1.26. The number of hydrogen-bond donors (Lipinski definition) is 5. The summed E-state index contributed by atoms with van der Waals surface area (Å²) in [5, 5.41) is 19.3. The van der Waals surface area contributed by atoms with Crippen LogP contribution in [0.15, 0.2) is 0 Å². The van der Waals surface area contributed by atoms with Gasteiger partial charge in [-0.25, -0.2) is 4.79 Å². The lowest BCUT2D eigenvalue weighted by Gasteiger charge is -2.31. The van der Waals surface area contributed by atoms with Crippen LogP contribution in [-0.4, -0.2) is 59.9 Å². The summed E-state index contributed by atoms with van der Waals surface area (Å²) >= 11 is 0. The summed E-state index contributed by atoms with van der Waals surface area (Å²) in [6, 6.07) is -2.76. The molecule has 4 atom stereocenters. The van der Waals surface area contributed by atoms with E-state index in [2.05, 4.69) is 21.3 Å². The van der Waals surface area contributed by atoms with Gasteiger partial charge in [0.25, 0.3) is 0 Å². The highest BCUT2D eigenvalue weighted by Gasteiger charge is 2.37. The van der Waals surface area contributed by atoms with Crippen LogP contribution in [0.5, 0.6) is 0 Å². The van der Waals surface area contributed by atoms with E-state index in [0.29, 0.717) is 31.6 Å². The maximum atomic E-state index is 12.8. The Labute approximate surface area is 175 Å². The number of hydrogen-bond acceptors (Lipinski definition) is 5. The molecule has 10 heteroatoms. The van der Waals surface area contributed by atoms with E-state index in [1.54, 1.807) is 20.8 Å². The third-order valence-corrected chi connectivity index (χ3v) is 5.49. The predicted molar refractivity (Wildman–Crippen MR) is 107 cm³/mol. The first-order chi connectivity index (χ1) is 14.0. The molecule has 10 nitrogen and oxygen atoms in total. The molecular weight excluding hydrogens is 392 g/mol. The van der Waals surface area contributed by atoms with Gasteiger partial charge in [0, 0.05) is 12.5 Å². The van der Waals surface area contributed by atoms with E-state index in [1.807, 2.05) is 0 Å². The van der Waals surface area contributed by atoms with Gasteiger partial charge in [-0.15, -0.1) is 0 Å². The molecule has 2 aliphatic rings. The molecule has 30 heavy (non-hydrogen) atoms. The zero-order valence-electron chi connectivity index (χ0n) is 17.7. The summed E-state index contributed by atoms with van der Waals surface area (Å²) < 4.78 is 0. The maximum Gasteiger partial charge on any atom is 0.405 e. The monoisotopic (exact) mass is 424 g/mol. The van der Waals surface area contributed by atoms with Crippen molar-refractivity contribution in [2.24, 2.45) is 17.3 Å². The van der Waals surface area contributed by atoms with Crippen molar-refractivity contribution in [1.82, 2.24) is 21.3 Å². The molecule has 1 aliphatic heterocycles. The molecule has 0 bridgehead atoms. The molecule has 1 aliphatic carbocycles. The van der Waals surface area contributed by atoms with Gasteiger partial charge in [0.2, 0.25) is 17.7 Å². The van der Waals surface area contributed by atoms with Crippen molar-refractivity contribution in [2.45, 2.75) is 71.0 Å². The molecule has 1 saturated carbocycles. The molecule has 0 aromatic carbocycles. The van der Waals surface area contributed by atoms with Gasteiger partial charge in [-0.1, -0.05) is 33.6 Å². The van der Waals surface area contributed by atoms with Crippen LogP contribution in [0.3, 0.4) is 0 Å². The lowest BCUT2D eigenvalue weighted by atomic mass is 9.86. The molecule has 0 aromatic rings. The molecule has 5 N–H and O–H groups in total. The second-order valence-electron chi connectivity index (χ2n) is 9.25. The van der Waals surface area contributed by atoms with E-state index >= 15 is 0 Å². The Bertz CT molecular complexity index is 685. The number of rotatable bonds is 10. The third-order valence-electron chi connectivity index (χ3n) is 5.49. The van der Waals surface area contributed by atoms with Crippen molar-refractivity contribution in [1.29, 1.82) is 0 Å². The van der Waals surface area contributed by atoms with Crippen molar-refractivity contribution in [3.05, 3.63) is 0 Å². The van der Waals surface area contributed by atoms with E-state index < -0.39 is 41.4 Å². The first-order valence-electron chi connectivity index (χ1n) is 10.3. The highest BCUT2D eigenvalue weighted by molar-refractivity contribution is 5.92. The zero-order chi connectivity index (χ0) is 22.5. The minimum absolute atomic E-state index is 0.133. The van der Waals surface area contributed by atoms with Crippen molar-refractivity contribution >= 4 is 30.1 Å². The van der Waals surface area contributed by atoms with Crippen molar-refractivity contribution in [2.75, 3.05) is 6.54 Å². The Morgan fingerprint density at radius 3 is 2.23 bits per heavy atom. The van der Waals surface area contributed by atoms with E-state index in [1.165, 1.54) is 0 Å². The van der Waals surface area contributed by atoms with Gasteiger partial charge in [-0.2, -0.15) is 0 Å². The van der Waals surface area contributed by atoms with E-state index in [4.69, 9.17) is 5.11 Å². The largest absolute Gasteiger partial charge is 0.465 e. The van der Waals surface area contributed by atoms with Gasteiger partial charge in [0.1, 0.15) is 18.4 Å². The minimum atomic E-state index is -1.33. The molecule has 168 valence electrons. The van der Waals surface area contributed by atoms with Crippen LogP contribution in [0.4, 0.5) is 4.79 Å². The van der Waals surface area contributed by atoms with Crippen molar-refractivity contribution in [3.63, 3.8) is 0 Å². The number of amides is 4.